The zero-order valence-corrected chi connectivity index (χ0v) is 15.4. The second-order valence-electron chi connectivity index (χ2n) is 7.05. The van der Waals surface area contributed by atoms with Crippen molar-refractivity contribution in [3.05, 3.63) is 98.6 Å². The van der Waals surface area contributed by atoms with Gasteiger partial charge in [-0.1, -0.05) is 42.5 Å². The van der Waals surface area contributed by atoms with E-state index < -0.39 is 10.8 Å². The number of Topliss-reactive ketones (excluding diaryl/α,β-unsaturated/α-hetero) is 1. The van der Waals surface area contributed by atoms with Crippen LogP contribution in [-0.4, -0.2) is 10.7 Å². The molecule has 0 aromatic heterocycles. The molecule has 0 saturated carbocycles. The molecule has 1 aliphatic heterocycles. The van der Waals surface area contributed by atoms with E-state index in [1.54, 1.807) is 12.1 Å². The number of benzene rings is 2. The first-order valence-corrected chi connectivity index (χ1v) is 9.12. The van der Waals surface area contributed by atoms with E-state index in [1.165, 1.54) is 12.1 Å². The SMILES string of the molecule is N#CC1=C(N)OC2=C(C(=O)C[C@H](c3ccccc3)C2)[C@@H]1c1ccc([N+](=O)[O-])cc1. The average molecular weight is 387 g/mol. The lowest BCUT2D eigenvalue weighted by molar-refractivity contribution is -0.384. The summed E-state index contributed by atoms with van der Waals surface area (Å²) in [5, 5.41) is 20.6. The van der Waals surface area contributed by atoms with Crippen LogP contribution in [0.3, 0.4) is 0 Å². The second-order valence-corrected chi connectivity index (χ2v) is 7.05. The second kappa shape index (κ2) is 7.24. The third-order valence-electron chi connectivity index (χ3n) is 5.37. The van der Waals surface area contributed by atoms with Crippen LogP contribution < -0.4 is 5.73 Å². The maximum atomic E-state index is 13.1. The number of ether oxygens (including phenoxy) is 1. The lowest BCUT2D eigenvalue weighted by atomic mass is 9.73. The summed E-state index contributed by atoms with van der Waals surface area (Å²) in [4.78, 5) is 23.6. The zero-order valence-electron chi connectivity index (χ0n) is 15.4. The molecule has 0 fully saturated rings. The summed E-state index contributed by atoms with van der Waals surface area (Å²) in [5.74, 6) is -0.389. The molecule has 0 radical (unpaired) electrons. The van der Waals surface area contributed by atoms with Gasteiger partial charge in [0.1, 0.15) is 17.4 Å². The molecule has 7 nitrogen and oxygen atoms in total. The van der Waals surface area contributed by atoms with Crippen LogP contribution in [0, 0.1) is 21.4 Å². The number of carbonyl (C=O) groups is 1. The van der Waals surface area contributed by atoms with Crippen LogP contribution in [0.15, 0.2) is 77.4 Å². The van der Waals surface area contributed by atoms with Gasteiger partial charge in [-0.05, 0) is 17.0 Å². The lowest BCUT2D eigenvalue weighted by Gasteiger charge is -2.34. The first kappa shape index (κ1) is 18.4. The molecule has 2 aliphatic rings. The number of hydrogen-bond donors (Lipinski definition) is 1. The lowest BCUT2D eigenvalue weighted by Crippen LogP contribution is -2.29. The highest BCUT2D eigenvalue weighted by Gasteiger charge is 2.40. The molecule has 0 amide bonds. The van der Waals surface area contributed by atoms with E-state index in [1.807, 2.05) is 36.4 Å². The fraction of sp³-hybridized carbons (Fsp3) is 0.182. The van der Waals surface area contributed by atoms with Crippen LogP contribution >= 0.6 is 0 Å². The van der Waals surface area contributed by atoms with Gasteiger partial charge in [0.15, 0.2) is 5.78 Å². The maximum Gasteiger partial charge on any atom is 0.269 e. The maximum absolute atomic E-state index is 13.1. The van der Waals surface area contributed by atoms with Crippen molar-refractivity contribution in [2.45, 2.75) is 24.7 Å². The Morgan fingerprint density at radius 2 is 1.76 bits per heavy atom. The van der Waals surface area contributed by atoms with Gasteiger partial charge in [-0.3, -0.25) is 14.9 Å². The molecule has 1 heterocycles. The minimum atomic E-state index is -0.686. The van der Waals surface area contributed by atoms with Crippen LogP contribution in [0.2, 0.25) is 0 Å². The van der Waals surface area contributed by atoms with Crippen molar-refractivity contribution >= 4 is 11.5 Å². The van der Waals surface area contributed by atoms with Gasteiger partial charge in [-0.15, -0.1) is 0 Å². The topological polar surface area (TPSA) is 119 Å². The van der Waals surface area contributed by atoms with Gasteiger partial charge in [-0.2, -0.15) is 5.26 Å². The molecule has 0 saturated heterocycles. The summed E-state index contributed by atoms with van der Waals surface area (Å²) >= 11 is 0. The first-order chi connectivity index (χ1) is 14.0. The molecular formula is C22H17N3O4. The molecule has 2 aromatic rings. The molecule has 2 atom stereocenters. The summed E-state index contributed by atoms with van der Waals surface area (Å²) in [6.07, 6.45) is 0.794. The van der Waals surface area contributed by atoms with Gasteiger partial charge in [-0.25, -0.2) is 0 Å². The van der Waals surface area contributed by atoms with Crippen molar-refractivity contribution in [2.75, 3.05) is 0 Å². The van der Waals surface area contributed by atoms with Gasteiger partial charge >= 0.3 is 0 Å². The fourth-order valence-electron chi connectivity index (χ4n) is 3.99. The molecule has 0 bridgehead atoms. The van der Waals surface area contributed by atoms with Gasteiger partial charge in [0.2, 0.25) is 5.88 Å². The van der Waals surface area contributed by atoms with Gasteiger partial charge in [0.05, 0.1) is 10.8 Å². The van der Waals surface area contributed by atoms with Crippen LogP contribution in [0.5, 0.6) is 0 Å². The fourth-order valence-corrected chi connectivity index (χ4v) is 3.99. The number of nitrogens with zero attached hydrogens (tertiary/aromatic N) is 2. The molecule has 144 valence electrons. The van der Waals surface area contributed by atoms with E-state index in [9.17, 15) is 20.2 Å². The van der Waals surface area contributed by atoms with Crippen LogP contribution in [-0.2, 0) is 9.53 Å². The standard InChI is InChI=1S/C22H17N3O4/c23-12-17-20(14-6-8-16(9-7-14)25(27)28)21-18(26)10-15(11-19(21)29-22(17)24)13-4-2-1-3-5-13/h1-9,15,20H,10-11,24H2/t15-,20+/m0/s1. The Morgan fingerprint density at radius 1 is 1.07 bits per heavy atom. The Balaban J connectivity index is 1.77. The van der Waals surface area contributed by atoms with Gasteiger partial charge in [0.25, 0.3) is 5.69 Å². The van der Waals surface area contributed by atoms with Gasteiger partial charge < -0.3 is 10.5 Å². The predicted octanol–water partition coefficient (Wildman–Crippen LogP) is 3.80. The minimum absolute atomic E-state index is 0.0311. The predicted molar refractivity (Wildman–Crippen MR) is 104 cm³/mol. The van der Waals surface area contributed by atoms with Crippen LogP contribution in [0.25, 0.3) is 0 Å². The van der Waals surface area contributed by atoms with Crippen molar-refractivity contribution in [1.29, 1.82) is 5.26 Å². The van der Waals surface area contributed by atoms with E-state index in [4.69, 9.17) is 10.5 Å². The molecule has 4 rings (SSSR count). The molecule has 0 unspecified atom stereocenters. The molecule has 29 heavy (non-hydrogen) atoms. The highest BCUT2D eigenvalue weighted by atomic mass is 16.6. The summed E-state index contributed by atoms with van der Waals surface area (Å²) in [5.41, 5.74) is 8.14. The van der Waals surface area contributed by atoms with Crippen molar-refractivity contribution in [3.63, 3.8) is 0 Å². The molecule has 7 heteroatoms. The summed E-state index contributed by atoms with van der Waals surface area (Å²) in [6.45, 7) is 0. The molecule has 0 spiro atoms. The van der Waals surface area contributed by atoms with E-state index in [-0.39, 0.29) is 28.8 Å². The Kier molecular flexibility index (Phi) is 4.61. The first-order valence-electron chi connectivity index (χ1n) is 9.12. The number of nitro groups is 1. The minimum Gasteiger partial charge on any atom is -0.444 e. The molecular weight excluding hydrogens is 370 g/mol. The summed E-state index contributed by atoms with van der Waals surface area (Å²) in [6, 6.07) is 17.6. The Morgan fingerprint density at radius 3 is 2.38 bits per heavy atom. The largest absolute Gasteiger partial charge is 0.444 e. The van der Waals surface area contributed by atoms with Crippen molar-refractivity contribution in [2.24, 2.45) is 5.73 Å². The summed E-state index contributed by atoms with van der Waals surface area (Å²) in [7, 11) is 0. The number of non-ortho nitro benzene ring substituents is 1. The number of allylic oxidation sites excluding steroid dienone is 3. The normalized spacial score (nSPS) is 21.3. The number of rotatable bonds is 3. The van der Waals surface area contributed by atoms with Gasteiger partial charge in [0, 0.05) is 30.5 Å². The third-order valence-corrected chi connectivity index (χ3v) is 5.37. The monoisotopic (exact) mass is 387 g/mol. The van der Waals surface area contributed by atoms with E-state index in [0.717, 1.165) is 5.56 Å². The van der Waals surface area contributed by atoms with Crippen molar-refractivity contribution < 1.29 is 14.5 Å². The Labute approximate surface area is 166 Å². The van der Waals surface area contributed by atoms with E-state index in [0.29, 0.717) is 29.7 Å². The quantitative estimate of drug-likeness (QED) is 0.632. The molecule has 2 N–H and O–H groups in total. The molecule has 1 aliphatic carbocycles. The zero-order chi connectivity index (χ0) is 20.5. The highest BCUT2D eigenvalue weighted by Crippen LogP contribution is 2.46. The number of nitriles is 1. The number of carbonyl (C=O) groups excluding carboxylic acids is 1. The molecule has 2 aromatic carbocycles. The van der Waals surface area contributed by atoms with Crippen LogP contribution in [0.1, 0.15) is 35.8 Å². The highest BCUT2D eigenvalue weighted by molar-refractivity contribution is 6.00. The Hall–Kier alpha value is -3.92. The number of nitrogens with two attached hydrogens (primary N) is 1. The third kappa shape index (κ3) is 3.25. The number of hydrogen-bond acceptors (Lipinski definition) is 6. The Bertz CT molecular complexity index is 1100. The average Bonchev–Trinajstić information content (AvgIpc) is 2.73. The van der Waals surface area contributed by atoms with Crippen molar-refractivity contribution in [3.8, 4) is 6.07 Å². The smallest absolute Gasteiger partial charge is 0.269 e. The van der Waals surface area contributed by atoms with Crippen LogP contribution in [0.4, 0.5) is 5.69 Å². The van der Waals surface area contributed by atoms with E-state index >= 15 is 0 Å². The summed E-state index contributed by atoms with van der Waals surface area (Å²) < 4.78 is 5.72. The number of nitro benzene ring substituents is 1. The number of ketones is 1. The van der Waals surface area contributed by atoms with E-state index in [2.05, 4.69) is 0 Å². The van der Waals surface area contributed by atoms with Crippen molar-refractivity contribution in [1.82, 2.24) is 0 Å².